The lowest BCUT2D eigenvalue weighted by Gasteiger charge is -2.35. The van der Waals surface area contributed by atoms with E-state index >= 15 is 0 Å². The lowest BCUT2D eigenvalue weighted by atomic mass is 9.94. The maximum absolute atomic E-state index is 12.0. The van der Waals surface area contributed by atoms with Gasteiger partial charge in [0.15, 0.2) is 0 Å². The molecule has 2 atom stereocenters. The molecule has 1 saturated heterocycles. The smallest absolute Gasteiger partial charge is 0.242 e. The third-order valence-electron chi connectivity index (χ3n) is 3.00. The van der Waals surface area contributed by atoms with E-state index in [1.165, 1.54) is 11.3 Å². The van der Waals surface area contributed by atoms with Gasteiger partial charge in [-0.3, -0.25) is 4.79 Å². The number of amides is 1. The lowest BCUT2D eigenvalue weighted by Crippen LogP contribution is -2.53. The lowest BCUT2D eigenvalue weighted by molar-refractivity contribution is -0.126. The summed E-state index contributed by atoms with van der Waals surface area (Å²) >= 11 is 1.50. The van der Waals surface area contributed by atoms with Crippen molar-refractivity contribution in [3.63, 3.8) is 0 Å². The standard InChI is InChI=1S/C12H18N2O2S/c1-12(5-3-6-16-8-12)14-11(15)10(13)9-4-2-7-17-9/h2,4,7,10H,3,5-6,8,13H2,1H3,(H,14,15). The summed E-state index contributed by atoms with van der Waals surface area (Å²) in [6.45, 7) is 3.35. The fourth-order valence-corrected chi connectivity index (χ4v) is 2.73. The second-order valence-electron chi connectivity index (χ2n) is 4.70. The molecule has 4 nitrogen and oxygen atoms in total. The van der Waals surface area contributed by atoms with Crippen LogP contribution in [0.2, 0.25) is 0 Å². The predicted octanol–water partition coefficient (Wildman–Crippen LogP) is 1.43. The minimum atomic E-state index is -0.575. The molecule has 2 heterocycles. The second-order valence-corrected chi connectivity index (χ2v) is 5.68. The Morgan fingerprint density at radius 1 is 1.71 bits per heavy atom. The zero-order chi connectivity index (χ0) is 12.3. The van der Waals surface area contributed by atoms with Crippen molar-refractivity contribution in [1.82, 2.24) is 5.32 Å². The van der Waals surface area contributed by atoms with Crippen LogP contribution >= 0.6 is 11.3 Å². The summed E-state index contributed by atoms with van der Waals surface area (Å²) in [5.41, 5.74) is 5.64. The Kier molecular flexibility index (Phi) is 3.81. The van der Waals surface area contributed by atoms with E-state index in [0.29, 0.717) is 6.61 Å². The quantitative estimate of drug-likeness (QED) is 0.857. The molecule has 0 saturated carbocycles. The van der Waals surface area contributed by atoms with Gasteiger partial charge in [-0.2, -0.15) is 0 Å². The van der Waals surface area contributed by atoms with Gasteiger partial charge in [0.05, 0.1) is 12.1 Å². The van der Waals surface area contributed by atoms with Gasteiger partial charge < -0.3 is 15.8 Å². The highest BCUT2D eigenvalue weighted by molar-refractivity contribution is 7.10. The van der Waals surface area contributed by atoms with E-state index in [-0.39, 0.29) is 11.4 Å². The summed E-state index contributed by atoms with van der Waals surface area (Å²) in [5.74, 6) is -0.125. The molecule has 17 heavy (non-hydrogen) atoms. The monoisotopic (exact) mass is 254 g/mol. The molecule has 0 bridgehead atoms. The van der Waals surface area contributed by atoms with Crippen molar-refractivity contribution in [1.29, 1.82) is 0 Å². The molecule has 2 unspecified atom stereocenters. The van der Waals surface area contributed by atoms with E-state index in [2.05, 4.69) is 5.32 Å². The number of carbonyl (C=O) groups is 1. The molecule has 1 amide bonds. The Balaban J connectivity index is 1.96. The maximum atomic E-state index is 12.0. The van der Waals surface area contributed by atoms with E-state index in [1.54, 1.807) is 0 Å². The number of nitrogens with one attached hydrogen (secondary N) is 1. The third kappa shape index (κ3) is 3.06. The molecule has 5 heteroatoms. The van der Waals surface area contributed by atoms with Crippen molar-refractivity contribution in [2.75, 3.05) is 13.2 Å². The van der Waals surface area contributed by atoms with E-state index in [9.17, 15) is 4.79 Å². The first-order valence-corrected chi connectivity index (χ1v) is 6.67. The molecule has 0 radical (unpaired) electrons. The number of ether oxygens (including phenoxy) is 1. The van der Waals surface area contributed by atoms with Gasteiger partial charge in [0.2, 0.25) is 5.91 Å². The van der Waals surface area contributed by atoms with Gasteiger partial charge in [0.1, 0.15) is 6.04 Å². The van der Waals surface area contributed by atoms with Crippen LogP contribution in [0.1, 0.15) is 30.7 Å². The molecule has 3 N–H and O–H groups in total. The van der Waals surface area contributed by atoms with Crippen LogP contribution < -0.4 is 11.1 Å². The van der Waals surface area contributed by atoms with Crippen LogP contribution in [-0.2, 0) is 9.53 Å². The third-order valence-corrected chi connectivity index (χ3v) is 3.95. The van der Waals surface area contributed by atoms with Crippen LogP contribution in [0.3, 0.4) is 0 Å². The van der Waals surface area contributed by atoms with Crippen LogP contribution in [-0.4, -0.2) is 24.7 Å². The molecular weight excluding hydrogens is 236 g/mol. The van der Waals surface area contributed by atoms with Crippen LogP contribution in [0.15, 0.2) is 17.5 Å². The van der Waals surface area contributed by atoms with Crippen LogP contribution in [0, 0.1) is 0 Å². The largest absolute Gasteiger partial charge is 0.379 e. The van der Waals surface area contributed by atoms with Gasteiger partial charge in [-0.05, 0) is 31.2 Å². The van der Waals surface area contributed by atoms with Gasteiger partial charge in [-0.1, -0.05) is 6.07 Å². The van der Waals surface area contributed by atoms with Crippen LogP contribution in [0.4, 0.5) is 0 Å². The molecule has 1 aromatic rings. The van der Waals surface area contributed by atoms with Crippen molar-refractivity contribution in [3.8, 4) is 0 Å². The van der Waals surface area contributed by atoms with E-state index in [4.69, 9.17) is 10.5 Å². The summed E-state index contributed by atoms with van der Waals surface area (Å²) in [6.07, 6.45) is 1.92. The number of nitrogens with two attached hydrogens (primary N) is 1. The fraction of sp³-hybridized carbons (Fsp3) is 0.583. The second kappa shape index (κ2) is 5.16. The summed E-state index contributed by atoms with van der Waals surface area (Å²) in [5, 5.41) is 4.93. The van der Waals surface area contributed by atoms with Crippen molar-refractivity contribution in [3.05, 3.63) is 22.4 Å². The number of hydrogen-bond donors (Lipinski definition) is 2. The van der Waals surface area contributed by atoms with E-state index in [1.807, 2.05) is 24.4 Å². The van der Waals surface area contributed by atoms with Gasteiger partial charge >= 0.3 is 0 Å². The molecule has 1 aliphatic rings. The zero-order valence-corrected chi connectivity index (χ0v) is 10.8. The molecule has 1 fully saturated rings. The summed E-state index contributed by atoms with van der Waals surface area (Å²) in [7, 11) is 0. The summed E-state index contributed by atoms with van der Waals surface area (Å²) in [4.78, 5) is 12.9. The average Bonchev–Trinajstić information content (AvgIpc) is 2.81. The van der Waals surface area contributed by atoms with Gasteiger partial charge in [-0.15, -0.1) is 11.3 Å². The van der Waals surface area contributed by atoms with Crippen molar-refractivity contribution in [2.45, 2.75) is 31.3 Å². The molecule has 1 aliphatic heterocycles. The van der Waals surface area contributed by atoms with Gasteiger partial charge in [0, 0.05) is 11.5 Å². The Morgan fingerprint density at radius 3 is 3.12 bits per heavy atom. The molecule has 0 spiro atoms. The Bertz CT molecular complexity index is 372. The first-order chi connectivity index (χ1) is 8.11. The molecule has 94 valence electrons. The average molecular weight is 254 g/mol. The molecular formula is C12H18N2O2S. The number of rotatable bonds is 3. The molecule has 0 aromatic carbocycles. The predicted molar refractivity (Wildman–Crippen MR) is 67.8 cm³/mol. The van der Waals surface area contributed by atoms with E-state index < -0.39 is 6.04 Å². The minimum Gasteiger partial charge on any atom is -0.379 e. The first-order valence-electron chi connectivity index (χ1n) is 5.79. The molecule has 1 aromatic heterocycles. The highest BCUT2D eigenvalue weighted by atomic mass is 32.1. The normalized spacial score (nSPS) is 26.5. The topological polar surface area (TPSA) is 64.4 Å². The van der Waals surface area contributed by atoms with Gasteiger partial charge in [0.25, 0.3) is 0 Å². The fourth-order valence-electron chi connectivity index (χ4n) is 2.01. The Morgan fingerprint density at radius 2 is 2.53 bits per heavy atom. The molecule has 2 rings (SSSR count). The number of thiophene rings is 1. The van der Waals surface area contributed by atoms with Crippen LogP contribution in [0.25, 0.3) is 0 Å². The Labute approximate surface area is 105 Å². The summed E-state index contributed by atoms with van der Waals surface area (Å²) < 4.78 is 5.40. The SMILES string of the molecule is CC1(NC(=O)C(N)c2cccs2)CCCOC1. The van der Waals surface area contributed by atoms with Crippen molar-refractivity contribution < 1.29 is 9.53 Å². The van der Waals surface area contributed by atoms with E-state index in [0.717, 1.165) is 24.3 Å². The Hall–Kier alpha value is -0.910. The van der Waals surface area contributed by atoms with Gasteiger partial charge in [-0.25, -0.2) is 0 Å². The highest BCUT2D eigenvalue weighted by Crippen LogP contribution is 2.21. The number of hydrogen-bond acceptors (Lipinski definition) is 4. The molecule has 0 aliphatic carbocycles. The highest BCUT2D eigenvalue weighted by Gasteiger charge is 2.31. The first kappa shape index (κ1) is 12.5. The number of carbonyl (C=O) groups excluding carboxylic acids is 1. The van der Waals surface area contributed by atoms with Crippen molar-refractivity contribution >= 4 is 17.2 Å². The maximum Gasteiger partial charge on any atom is 0.242 e. The minimum absolute atomic E-state index is 0.125. The zero-order valence-electron chi connectivity index (χ0n) is 9.94. The van der Waals surface area contributed by atoms with Crippen molar-refractivity contribution in [2.24, 2.45) is 5.73 Å². The van der Waals surface area contributed by atoms with Crippen LogP contribution in [0.5, 0.6) is 0 Å². The summed E-state index contributed by atoms with van der Waals surface area (Å²) in [6, 6.07) is 3.21.